The molecule has 1 heterocycles. The Kier molecular flexibility index (Phi) is 3.41. The Hall–Kier alpha value is -1.39. The van der Waals surface area contributed by atoms with Crippen LogP contribution in [-0.4, -0.2) is 33.8 Å². The number of carbonyl (C=O) groups is 3. The fraction of sp³-hybridized carbons (Fsp3) is 0.786. The van der Waals surface area contributed by atoms with E-state index >= 15 is 0 Å². The summed E-state index contributed by atoms with van der Waals surface area (Å²) < 4.78 is 0. The normalized spacial score (nSPS) is 35.5. The topological polar surface area (TPSA) is 74.7 Å². The van der Waals surface area contributed by atoms with Crippen LogP contribution in [0.1, 0.15) is 46.5 Å². The van der Waals surface area contributed by atoms with Crippen molar-refractivity contribution < 1.29 is 19.5 Å². The van der Waals surface area contributed by atoms with Gasteiger partial charge in [0.2, 0.25) is 11.8 Å². The summed E-state index contributed by atoms with van der Waals surface area (Å²) in [5.41, 5.74) is -0.627. The second kappa shape index (κ2) is 4.62. The van der Waals surface area contributed by atoms with Crippen molar-refractivity contribution in [3.63, 3.8) is 0 Å². The summed E-state index contributed by atoms with van der Waals surface area (Å²) in [6, 6.07) is -0.221. The maximum absolute atomic E-state index is 12.5. The van der Waals surface area contributed by atoms with Crippen molar-refractivity contribution in [2.75, 3.05) is 0 Å². The van der Waals surface area contributed by atoms with Crippen molar-refractivity contribution in [3.05, 3.63) is 0 Å². The third kappa shape index (κ3) is 2.15. The van der Waals surface area contributed by atoms with E-state index in [9.17, 15) is 14.4 Å². The number of carboxylic acid groups (broad SMARTS) is 1. The molecular formula is C14H21NO4. The van der Waals surface area contributed by atoms with Gasteiger partial charge in [0.1, 0.15) is 0 Å². The molecule has 5 nitrogen and oxygen atoms in total. The van der Waals surface area contributed by atoms with E-state index in [1.165, 1.54) is 4.90 Å². The molecule has 0 aromatic carbocycles. The summed E-state index contributed by atoms with van der Waals surface area (Å²) in [6.07, 6.45) is 1.82. The van der Waals surface area contributed by atoms with Crippen molar-refractivity contribution >= 4 is 17.8 Å². The Morgan fingerprint density at radius 3 is 2.42 bits per heavy atom. The molecule has 3 atom stereocenters. The van der Waals surface area contributed by atoms with E-state index in [2.05, 4.69) is 0 Å². The Labute approximate surface area is 113 Å². The molecule has 0 aromatic rings. The zero-order chi connectivity index (χ0) is 14.4. The molecule has 2 rings (SSSR count). The molecule has 2 fully saturated rings. The highest BCUT2D eigenvalue weighted by Gasteiger charge is 2.53. The number of amides is 2. The van der Waals surface area contributed by atoms with Crippen molar-refractivity contribution in [3.8, 4) is 0 Å². The van der Waals surface area contributed by atoms with Gasteiger partial charge in [0.25, 0.3) is 0 Å². The maximum Gasteiger partial charge on any atom is 0.306 e. The molecule has 1 saturated heterocycles. The Bertz CT molecular complexity index is 431. The summed E-state index contributed by atoms with van der Waals surface area (Å²) in [5.74, 6) is -1.41. The van der Waals surface area contributed by atoms with Gasteiger partial charge in [-0.1, -0.05) is 13.8 Å². The lowest BCUT2D eigenvalue weighted by Crippen LogP contribution is -2.42. The number of carboxylic acids is 1. The van der Waals surface area contributed by atoms with Gasteiger partial charge in [-0.25, -0.2) is 0 Å². The number of carbonyl (C=O) groups excluding carboxylic acids is 2. The molecule has 1 saturated carbocycles. The monoisotopic (exact) mass is 267 g/mol. The van der Waals surface area contributed by atoms with Gasteiger partial charge in [-0.05, 0) is 32.1 Å². The first-order valence-corrected chi connectivity index (χ1v) is 6.86. The Morgan fingerprint density at radius 2 is 2.00 bits per heavy atom. The molecule has 0 radical (unpaired) electrons. The van der Waals surface area contributed by atoms with E-state index in [0.29, 0.717) is 19.3 Å². The van der Waals surface area contributed by atoms with Gasteiger partial charge in [-0.2, -0.15) is 0 Å². The van der Waals surface area contributed by atoms with Crippen LogP contribution in [0.15, 0.2) is 0 Å². The average Bonchev–Trinajstić information content (AvgIpc) is 2.85. The Morgan fingerprint density at radius 1 is 1.37 bits per heavy atom. The van der Waals surface area contributed by atoms with E-state index < -0.39 is 17.3 Å². The lowest BCUT2D eigenvalue weighted by molar-refractivity contribution is -0.146. The van der Waals surface area contributed by atoms with E-state index in [1.54, 1.807) is 0 Å². The maximum atomic E-state index is 12.5. The van der Waals surface area contributed by atoms with Gasteiger partial charge >= 0.3 is 5.97 Å². The predicted molar refractivity (Wildman–Crippen MR) is 68.2 cm³/mol. The van der Waals surface area contributed by atoms with E-state index in [4.69, 9.17) is 5.11 Å². The summed E-state index contributed by atoms with van der Waals surface area (Å²) in [7, 11) is 0. The lowest BCUT2D eigenvalue weighted by atomic mass is 9.78. The van der Waals surface area contributed by atoms with Crippen LogP contribution in [0.25, 0.3) is 0 Å². The molecule has 106 valence electrons. The molecule has 0 bridgehead atoms. The fourth-order valence-electron chi connectivity index (χ4n) is 3.10. The van der Waals surface area contributed by atoms with Crippen molar-refractivity contribution in [1.29, 1.82) is 0 Å². The molecule has 1 N–H and O–H groups in total. The molecule has 2 amide bonds. The minimum atomic E-state index is -0.826. The number of aliphatic carboxylic acids is 1. The molecule has 1 aliphatic heterocycles. The van der Waals surface area contributed by atoms with Crippen LogP contribution in [0.3, 0.4) is 0 Å². The van der Waals surface area contributed by atoms with Gasteiger partial charge in [-0.3, -0.25) is 19.3 Å². The molecule has 1 unspecified atom stereocenters. The fourth-order valence-corrected chi connectivity index (χ4v) is 3.10. The number of hydrogen-bond acceptors (Lipinski definition) is 3. The number of rotatable bonds is 3. The second-order valence-electron chi connectivity index (χ2n) is 6.32. The summed E-state index contributed by atoms with van der Waals surface area (Å²) in [5, 5.41) is 9.01. The molecule has 0 aromatic heterocycles. The largest absolute Gasteiger partial charge is 0.481 e. The van der Waals surface area contributed by atoms with Crippen molar-refractivity contribution in [2.45, 2.75) is 52.5 Å². The van der Waals surface area contributed by atoms with E-state index in [0.717, 1.165) is 0 Å². The number of imide groups is 1. The number of hydrogen-bond donors (Lipinski definition) is 1. The first-order valence-electron chi connectivity index (χ1n) is 6.86. The standard InChI is InChI=1S/C14H21NO4/c1-8(2)14(3)7-11(16)15(13(14)19)10-5-4-9(6-10)12(17)18/h8-10H,4-7H2,1-3H3,(H,17,18)/t9-,10+,14?/m1/s1. The summed E-state index contributed by atoms with van der Waals surface area (Å²) >= 11 is 0. The molecular weight excluding hydrogens is 246 g/mol. The van der Waals surface area contributed by atoms with Crippen molar-refractivity contribution in [1.82, 2.24) is 4.90 Å². The van der Waals surface area contributed by atoms with Crippen LogP contribution in [-0.2, 0) is 14.4 Å². The first-order chi connectivity index (χ1) is 8.77. The lowest BCUT2D eigenvalue weighted by Gasteiger charge is -2.28. The second-order valence-corrected chi connectivity index (χ2v) is 6.32. The van der Waals surface area contributed by atoms with E-state index in [-0.39, 0.29) is 30.2 Å². The SMILES string of the molecule is CC(C)C1(C)CC(=O)N([C@H]2CC[C@@H](C(=O)O)C2)C1=O. The number of nitrogens with zero attached hydrogens (tertiary/aromatic N) is 1. The average molecular weight is 267 g/mol. The molecule has 1 aliphatic carbocycles. The summed E-state index contributed by atoms with van der Waals surface area (Å²) in [6.45, 7) is 5.73. The highest BCUT2D eigenvalue weighted by Crippen LogP contribution is 2.43. The highest BCUT2D eigenvalue weighted by molar-refractivity contribution is 6.06. The molecule has 0 spiro atoms. The quantitative estimate of drug-likeness (QED) is 0.789. The highest BCUT2D eigenvalue weighted by atomic mass is 16.4. The summed E-state index contributed by atoms with van der Waals surface area (Å²) in [4.78, 5) is 36.9. The van der Waals surface area contributed by atoms with Gasteiger partial charge in [-0.15, -0.1) is 0 Å². The van der Waals surface area contributed by atoms with Crippen LogP contribution < -0.4 is 0 Å². The van der Waals surface area contributed by atoms with Gasteiger partial charge in [0.05, 0.1) is 11.3 Å². The van der Waals surface area contributed by atoms with Gasteiger partial charge < -0.3 is 5.11 Å². The van der Waals surface area contributed by atoms with E-state index in [1.807, 2.05) is 20.8 Å². The molecule has 5 heteroatoms. The van der Waals surface area contributed by atoms with Crippen molar-refractivity contribution in [2.24, 2.45) is 17.3 Å². The molecule has 2 aliphatic rings. The third-order valence-electron chi connectivity index (χ3n) is 4.89. The van der Waals surface area contributed by atoms with Gasteiger partial charge in [0, 0.05) is 12.5 Å². The van der Waals surface area contributed by atoms with Crippen LogP contribution in [0.2, 0.25) is 0 Å². The minimum Gasteiger partial charge on any atom is -0.481 e. The van der Waals surface area contributed by atoms with Crippen LogP contribution >= 0.6 is 0 Å². The smallest absolute Gasteiger partial charge is 0.306 e. The van der Waals surface area contributed by atoms with Crippen LogP contribution in [0.4, 0.5) is 0 Å². The van der Waals surface area contributed by atoms with Gasteiger partial charge in [0.15, 0.2) is 0 Å². The molecule has 19 heavy (non-hydrogen) atoms. The zero-order valence-electron chi connectivity index (χ0n) is 11.7. The minimum absolute atomic E-state index is 0.102. The number of likely N-dealkylation sites (tertiary alicyclic amines) is 1. The van der Waals surface area contributed by atoms with Crippen LogP contribution in [0.5, 0.6) is 0 Å². The Balaban J connectivity index is 2.16. The third-order valence-corrected chi connectivity index (χ3v) is 4.89. The van der Waals surface area contributed by atoms with Crippen LogP contribution in [0, 0.1) is 17.3 Å². The zero-order valence-corrected chi connectivity index (χ0v) is 11.7. The first kappa shape index (κ1) is 14.0. The predicted octanol–water partition coefficient (Wildman–Crippen LogP) is 1.66.